The van der Waals surface area contributed by atoms with Gasteiger partial charge >= 0.3 is 12.0 Å². The highest BCUT2D eigenvalue weighted by Gasteiger charge is 2.37. The molecule has 1 N–H and O–H groups in total. The van der Waals surface area contributed by atoms with Gasteiger partial charge < -0.3 is 14.9 Å². The molecule has 1 aliphatic heterocycles. The Morgan fingerprint density at radius 3 is 2.00 bits per heavy atom. The van der Waals surface area contributed by atoms with Crippen molar-refractivity contribution in [1.29, 1.82) is 0 Å². The van der Waals surface area contributed by atoms with Gasteiger partial charge in [-0.1, -0.05) is 0 Å². The van der Waals surface area contributed by atoms with Gasteiger partial charge in [0, 0.05) is 39.3 Å². The van der Waals surface area contributed by atoms with Gasteiger partial charge in [0.15, 0.2) is 0 Å². The molecule has 0 spiro atoms. The number of hydrogen-bond acceptors (Lipinski definition) is 3. The summed E-state index contributed by atoms with van der Waals surface area (Å²) in [5, 5.41) is 9.15. The van der Waals surface area contributed by atoms with Gasteiger partial charge in [-0.2, -0.15) is 0 Å². The molecule has 0 radical (unpaired) electrons. The van der Waals surface area contributed by atoms with Crippen molar-refractivity contribution in [3.63, 3.8) is 0 Å². The zero-order chi connectivity index (χ0) is 14.8. The predicted octanol–water partition coefficient (Wildman–Crippen LogP) is 0.927. The Morgan fingerprint density at radius 2 is 1.63 bits per heavy atom. The zero-order valence-electron chi connectivity index (χ0n) is 12.5. The average molecular weight is 271 g/mol. The number of amides is 2. The highest BCUT2D eigenvalue weighted by molar-refractivity contribution is 5.85. The van der Waals surface area contributed by atoms with Crippen LogP contribution in [0.5, 0.6) is 0 Å². The molecule has 1 fully saturated rings. The summed E-state index contributed by atoms with van der Waals surface area (Å²) in [4.78, 5) is 28.8. The van der Waals surface area contributed by atoms with Crippen molar-refractivity contribution >= 4 is 12.0 Å². The van der Waals surface area contributed by atoms with Crippen molar-refractivity contribution < 1.29 is 14.7 Å². The van der Waals surface area contributed by atoms with Gasteiger partial charge in [0.1, 0.15) is 5.54 Å². The molecule has 6 heteroatoms. The molecule has 2 amide bonds. The first-order valence-electron chi connectivity index (χ1n) is 6.68. The maximum absolute atomic E-state index is 12.3. The molecule has 1 saturated heterocycles. The second-order valence-corrected chi connectivity index (χ2v) is 5.82. The van der Waals surface area contributed by atoms with E-state index in [1.165, 1.54) is 18.7 Å². The van der Waals surface area contributed by atoms with E-state index < -0.39 is 11.5 Å². The minimum atomic E-state index is -1.19. The van der Waals surface area contributed by atoms with E-state index in [1.54, 1.807) is 11.9 Å². The Morgan fingerprint density at radius 1 is 1.16 bits per heavy atom. The third kappa shape index (κ3) is 3.37. The Bertz CT molecular complexity index is 347. The van der Waals surface area contributed by atoms with Crippen molar-refractivity contribution in [2.24, 2.45) is 0 Å². The van der Waals surface area contributed by atoms with E-state index >= 15 is 0 Å². The number of carboxylic acid groups (broad SMARTS) is 1. The zero-order valence-corrected chi connectivity index (χ0v) is 12.5. The van der Waals surface area contributed by atoms with Crippen LogP contribution >= 0.6 is 0 Å². The van der Waals surface area contributed by atoms with E-state index in [0.717, 1.165) is 13.1 Å². The maximum atomic E-state index is 12.3. The lowest BCUT2D eigenvalue weighted by atomic mass is 10.0. The molecule has 0 aromatic heterocycles. The van der Waals surface area contributed by atoms with Crippen LogP contribution < -0.4 is 0 Å². The molecule has 0 aromatic rings. The van der Waals surface area contributed by atoms with Crippen molar-refractivity contribution in [3.05, 3.63) is 0 Å². The summed E-state index contributed by atoms with van der Waals surface area (Å²) in [5.41, 5.74) is -1.19. The number of carbonyl (C=O) groups is 2. The van der Waals surface area contributed by atoms with Crippen LogP contribution in [0.4, 0.5) is 4.79 Å². The first-order valence-corrected chi connectivity index (χ1v) is 6.68. The van der Waals surface area contributed by atoms with E-state index in [4.69, 9.17) is 5.11 Å². The lowest BCUT2D eigenvalue weighted by molar-refractivity contribution is -0.147. The van der Waals surface area contributed by atoms with Crippen molar-refractivity contribution in [1.82, 2.24) is 14.7 Å². The van der Waals surface area contributed by atoms with Gasteiger partial charge in [-0.25, -0.2) is 9.59 Å². The molecule has 110 valence electrons. The lowest BCUT2D eigenvalue weighted by Crippen LogP contribution is -2.59. The molecule has 0 unspecified atom stereocenters. The van der Waals surface area contributed by atoms with E-state index in [-0.39, 0.29) is 6.03 Å². The summed E-state index contributed by atoms with van der Waals surface area (Å²) >= 11 is 0. The quantitative estimate of drug-likeness (QED) is 0.829. The second kappa shape index (κ2) is 5.77. The van der Waals surface area contributed by atoms with Crippen molar-refractivity contribution in [2.75, 3.05) is 33.2 Å². The molecular weight excluding hydrogens is 246 g/mol. The molecule has 0 saturated carbocycles. The number of hydrogen-bond donors (Lipinski definition) is 1. The van der Waals surface area contributed by atoms with Crippen molar-refractivity contribution in [2.45, 2.75) is 39.3 Å². The van der Waals surface area contributed by atoms with Crippen molar-refractivity contribution in [3.8, 4) is 0 Å². The third-order valence-electron chi connectivity index (χ3n) is 3.96. The summed E-state index contributed by atoms with van der Waals surface area (Å²) in [6, 6.07) is 0.265. The number of urea groups is 1. The van der Waals surface area contributed by atoms with Gasteiger partial charge in [-0.15, -0.1) is 0 Å². The highest BCUT2D eigenvalue weighted by Crippen LogP contribution is 2.16. The number of aliphatic carboxylic acids is 1. The topological polar surface area (TPSA) is 64.1 Å². The lowest BCUT2D eigenvalue weighted by Gasteiger charge is -2.41. The van der Waals surface area contributed by atoms with Gasteiger partial charge in [-0.3, -0.25) is 4.90 Å². The van der Waals surface area contributed by atoms with E-state index in [9.17, 15) is 9.59 Å². The summed E-state index contributed by atoms with van der Waals surface area (Å²) in [6.45, 7) is 10.3. The smallest absolute Gasteiger partial charge is 0.329 e. The van der Waals surface area contributed by atoms with Gasteiger partial charge in [0.05, 0.1) is 0 Å². The summed E-state index contributed by atoms with van der Waals surface area (Å²) in [6.07, 6.45) is 0. The minimum Gasteiger partial charge on any atom is -0.480 e. The summed E-state index contributed by atoms with van der Waals surface area (Å²) < 4.78 is 0. The van der Waals surface area contributed by atoms with E-state index in [2.05, 4.69) is 18.7 Å². The van der Waals surface area contributed by atoms with Crippen LogP contribution in [0, 0.1) is 0 Å². The Kier molecular flexibility index (Phi) is 4.79. The first-order chi connectivity index (χ1) is 8.67. The molecule has 1 heterocycles. The number of carbonyl (C=O) groups excluding carboxylic acids is 1. The summed E-state index contributed by atoms with van der Waals surface area (Å²) in [7, 11) is 1.55. The van der Waals surface area contributed by atoms with Crippen LogP contribution in [-0.4, -0.2) is 76.6 Å². The average Bonchev–Trinajstić information content (AvgIpc) is 2.36. The molecule has 0 aliphatic carbocycles. The third-order valence-corrected chi connectivity index (χ3v) is 3.96. The molecule has 0 bridgehead atoms. The number of likely N-dealkylation sites (N-methyl/N-ethyl adjacent to an activating group) is 1. The molecule has 0 atom stereocenters. The minimum absolute atomic E-state index is 0.212. The fourth-order valence-electron chi connectivity index (χ4n) is 2.02. The first kappa shape index (κ1) is 15.8. The Balaban J connectivity index is 2.63. The van der Waals surface area contributed by atoms with E-state index in [0.29, 0.717) is 19.1 Å². The maximum Gasteiger partial charge on any atom is 0.329 e. The Hall–Kier alpha value is -1.30. The van der Waals surface area contributed by atoms with Gasteiger partial charge in [-0.05, 0) is 27.7 Å². The standard InChI is InChI=1S/C13H25N3O3/c1-10(2)15-6-8-16(9-7-15)12(19)14(5)13(3,4)11(17)18/h10H,6-9H2,1-5H3,(H,17,18). The van der Waals surface area contributed by atoms with Gasteiger partial charge in [0.2, 0.25) is 0 Å². The predicted molar refractivity (Wildman–Crippen MR) is 73.2 cm³/mol. The Labute approximate surface area is 115 Å². The second-order valence-electron chi connectivity index (χ2n) is 5.82. The molecule has 19 heavy (non-hydrogen) atoms. The number of nitrogens with zero attached hydrogens (tertiary/aromatic N) is 3. The van der Waals surface area contributed by atoms with Crippen LogP contribution in [0.25, 0.3) is 0 Å². The number of piperazine rings is 1. The van der Waals surface area contributed by atoms with Crippen LogP contribution in [0.15, 0.2) is 0 Å². The largest absolute Gasteiger partial charge is 0.480 e. The fraction of sp³-hybridized carbons (Fsp3) is 0.846. The van der Waals surface area contributed by atoms with Crippen LogP contribution in [0.3, 0.4) is 0 Å². The summed E-state index contributed by atoms with van der Waals surface area (Å²) in [5.74, 6) is -0.996. The number of carboxylic acids is 1. The van der Waals surface area contributed by atoms with Gasteiger partial charge in [0.25, 0.3) is 0 Å². The van der Waals surface area contributed by atoms with Crippen LogP contribution in [-0.2, 0) is 4.79 Å². The molecule has 1 aliphatic rings. The number of rotatable bonds is 3. The molecular formula is C13H25N3O3. The molecule has 6 nitrogen and oxygen atoms in total. The monoisotopic (exact) mass is 271 g/mol. The molecule has 0 aromatic carbocycles. The van der Waals surface area contributed by atoms with E-state index in [1.807, 2.05) is 0 Å². The van der Waals surface area contributed by atoms with Crippen LogP contribution in [0.1, 0.15) is 27.7 Å². The fourth-order valence-corrected chi connectivity index (χ4v) is 2.02. The highest BCUT2D eigenvalue weighted by atomic mass is 16.4. The SMILES string of the molecule is CC(C)N1CCN(C(=O)N(C)C(C)(C)C(=O)O)CC1. The molecule has 1 rings (SSSR count). The normalized spacial score (nSPS) is 17.7. The van der Waals surface area contributed by atoms with Crippen LogP contribution in [0.2, 0.25) is 0 Å².